The number of carbonyl (C=O) groups excluding carboxylic acids is 1. The molecule has 2 fully saturated rings. The van der Waals surface area contributed by atoms with E-state index in [4.69, 9.17) is 0 Å². The number of carbonyl (C=O) groups is 1. The second-order valence-electron chi connectivity index (χ2n) is 4.82. The number of halogens is 1. The van der Waals surface area contributed by atoms with Gasteiger partial charge in [0, 0.05) is 32.2 Å². The molecule has 6 nitrogen and oxygen atoms in total. The standard InChI is InChI=1S/C11H21N3O3S.ClH/c1-2-18(16,17)13-6-3-4-10(9-13)14-7-5-12-8-11(14)15;/h10,12H,2-9H2,1H3;1H. The van der Waals surface area contributed by atoms with E-state index in [-0.39, 0.29) is 30.1 Å². The summed E-state index contributed by atoms with van der Waals surface area (Å²) in [4.78, 5) is 13.7. The Kier molecular flexibility index (Phi) is 6.04. The Morgan fingerprint density at radius 3 is 2.74 bits per heavy atom. The van der Waals surface area contributed by atoms with Crippen LogP contribution in [-0.4, -0.2) is 68.0 Å². The maximum absolute atomic E-state index is 11.9. The van der Waals surface area contributed by atoms with Crippen molar-refractivity contribution in [3.63, 3.8) is 0 Å². The Balaban J connectivity index is 0.00000180. The average molecular weight is 312 g/mol. The van der Waals surface area contributed by atoms with Gasteiger partial charge >= 0.3 is 0 Å². The summed E-state index contributed by atoms with van der Waals surface area (Å²) in [6.45, 7) is 4.56. The van der Waals surface area contributed by atoms with E-state index >= 15 is 0 Å². The lowest BCUT2D eigenvalue weighted by Crippen LogP contribution is -2.57. The van der Waals surface area contributed by atoms with Crippen LogP contribution in [0.15, 0.2) is 0 Å². The molecule has 2 rings (SSSR count). The summed E-state index contributed by atoms with van der Waals surface area (Å²) in [5.74, 6) is 0.219. The Bertz CT molecular complexity index is 415. The normalized spacial score (nSPS) is 26.1. The van der Waals surface area contributed by atoms with Crippen molar-refractivity contribution in [3.8, 4) is 0 Å². The van der Waals surface area contributed by atoms with E-state index in [0.29, 0.717) is 26.2 Å². The predicted octanol–water partition coefficient (Wildman–Crippen LogP) is -0.346. The van der Waals surface area contributed by atoms with Crippen molar-refractivity contribution in [2.45, 2.75) is 25.8 Å². The molecule has 2 saturated heterocycles. The summed E-state index contributed by atoms with van der Waals surface area (Å²) in [6.07, 6.45) is 1.74. The van der Waals surface area contributed by atoms with Gasteiger partial charge in [0.2, 0.25) is 15.9 Å². The molecule has 2 aliphatic heterocycles. The van der Waals surface area contributed by atoms with Crippen LogP contribution < -0.4 is 5.32 Å². The summed E-state index contributed by atoms with van der Waals surface area (Å²) in [6, 6.07) is 0.0506. The monoisotopic (exact) mass is 311 g/mol. The van der Waals surface area contributed by atoms with Gasteiger partial charge in [0.25, 0.3) is 0 Å². The molecule has 19 heavy (non-hydrogen) atoms. The second kappa shape index (κ2) is 6.88. The molecule has 0 aromatic rings. The Hall–Kier alpha value is -0.370. The van der Waals surface area contributed by atoms with Crippen LogP contribution in [0.1, 0.15) is 19.8 Å². The quantitative estimate of drug-likeness (QED) is 0.774. The molecular weight excluding hydrogens is 290 g/mol. The highest BCUT2D eigenvalue weighted by Crippen LogP contribution is 2.19. The molecule has 0 bridgehead atoms. The number of sulfonamides is 1. The maximum atomic E-state index is 11.9. The molecule has 2 aliphatic rings. The van der Waals surface area contributed by atoms with Crippen LogP contribution in [0.2, 0.25) is 0 Å². The van der Waals surface area contributed by atoms with Crippen LogP contribution >= 0.6 is 12.4 Å². The fourth-order valence-corrected chi connectivity index (χ4v) is 3.79. The minimum absolute atomic E-state index is 0. The fourth-order valence-electron chi connectivity index (χ4n) is 2.62. The SMILES string of the molecule is CCS(=O)(=O)N1CCCC(N2CCNCC2=O)C1.Cl. The molecule has 0 spiro atoms. The summed E-state index contributed by atoms with van der Waals surface area (Å²) >= 11 is 0. The summed E-state index contributed by atoms with van der Waals surface area (Å²) in [7, 11) is -3.13. The van der Waals surface area contributed by atoms with Gasteiger partial charge in [-0.25, -0.2) is 8.42 Å². The van der Waals surface area contributed by atoms with Gasteiger partial charge in [-0.3, -0.25) is 4.79 Å². The first kappa shape index (κ1) is 16.7. The number of hydrogen-bond donors (Lipinski definition) is 1. The lowest BCUT2D eigenvalue weighted by molar-refractivity contribution is -0.135. The van der Waals surface area contributed by atoms with E-state index in [9.17, 15) is 13.2 Å². The van der Waals surface area contributed by atoms with Crippen LogP contribution in [0.3, 0.4) is 0 Å². The second-order valence-corrected chi connectivity index (χ2v) is 7.08. The third-order valence-corrected chi connectivity index (χ3v) is 5.53. The molecule has 1 atom stereocenters. The van der Waals surface area contributed by atoms with Crippen LogP contribution in [0.25, 0.3) is 0 Å². The van der Waals surface area contributed by atoms with E-state index in [2.05, 4.69) is 5.32 Å². The van der Waals surface area contributed by atoms with Gasteiger partial charge in [0.15, 0.2) is 0 Å². The van der Waals surface area contributed by atoms with E-state index < -0.39 is 10.0 Å². The topological polar surface area (TPSA) is 69.7 Å². The Morgan fingerprint density at radius 2 is 2.11 bits per heavy atom. The number of nitrogens with zero attached hydrogens (tertiary/aromatic N) is 2. The first-order chi connectivity index (χ1) is 8.54. The van der Waals surface area contributed by atoms with E-state index in [1.54, 1.807) is 6.92 Å². The molecule has 2 heterocycles. The molecule has 0 aromatic heterocycles. The van der Waals surface area contributed by atoms with Crippen molar-refractivity contribution >= 4 is 28.3 Å². The zero-order chi connectivity index (χ0) is 13.2. The first-order valence-electron chi connectivity index (χ1n) is 6.52. The van der Waals surface area contributed by atoms with Gasteiger partial charge in [-0.15, -0.1) is 12.4 Å². The summed E-state index contributed by atoms with van der Waals surface area (Å²) < 4.78 is 25.3. The lowest BCUT2D eigenvalue weighted by Gasteiger charge is -2.40. The molecule has 1 amide bonds. The molecule has 0 aromatic carbocycles. The van der Waals surface area contributed by atoms with E-state index in [1.807, 2.05) is 4.90 Å². The van der Waals surface area contributed by atoms with Gasteiger partial charge in [0.05, 0.1) is 12.3 Å². The molecular formula is C11H22ClN3O3S. The third kappa shape index (κ3) is 3.81. The number of rotatable bonds is 3. The van der Waals surface area contributed by atoms with Crippen molar-refractivity contribution in [2.75, 3.05) is 38.5 Å². The van der Waals surface area contributed by atoms with Crippen molar-refractivity contribution in [1.82, 2.24) is 14.5 Å². The van der Waals surface area contributed by atoms with Gasteiger partial charge in [-0.05, 0) is 19.8 Å². The van der Waals surface area contributed by atoms with Crippen molar-refractivity contribution in [2.24, 2.45) is 0 Å². The van der Waals surface area contributed by atoms with Crippen molar-refractivity contribution < 1.29 is 13.2 Å². The van der Waals surface area contributed by atoms with Crippen molar-refractivity contribution in [3.05, 3.63) is 0 Å². The highest BCUT2D eigenvalue weighted by atomic mass is 35.5. The van der Waals surface area contributed by atoms with Crippen LogP contribution in [0, 0.1) is 0 Å². The predicted molar refractivity (Wildman–Crippen MR) is 75.9 cm³/mol. The molecule has 0 radical (unpaired) electrons. The maximum Gasteiger partial charge on any atom is 0.236 e. The number of piperazine rings is 1. The molecule has 8 heteroatoms. The molecule has 0 aliphatic carbocycles. The number of amides is 1. The molecule has 0 saturated carbocycles. The first-order valence-corrected chi connectivity index (χ1v) is 8.13. The number of piperidine rings is 1. The average Bonchev–Trinajstić information content (AvgIpc) is 2.39. The summed E-state index contributed by atoms with van der Waals surface area (Å²) in [5, 5.41) is 3.03. The largest absolute Gasteiger partial charge is 0.336 e. The molecule has 1 N–H and O–H groups in total. The minimum atomic E-state index is -3.13. The highest BCUT2D eigenvalue weighted by molar-refractivity contribution is 7.89. The molecule has 112 valence electrons. The molecule has 1 unspecified atom stereocenters. The van der Waals surface area contributed by atoms with E-state index in [1.165, 1.54) is 4.31 Å². The van der Waals surface area contributed by atoms with Gasteiger partial charge < -0.3 is 10.2 Å². The number of hydrogen-bond acceptors (Lipinski definition) is 4. The lowest BCUT2D eigenvalue weighted by atomic mass is 10.1. The van der Waals surface area contributed by atoms with Gasteiger partial charge in [-0.1, -0.05) is 0 Å². The summed E-state index contributed by atoms with van der Waals surface area (Å²) in [5.41, 5.74) is 0. The highest BCUT2D eigenvalue weighted by Gasteiger charge is 2.33. The van der Waals surface area contributed by atoms with Gasteiger partial charge in [0.1, 0.15) is 0 Å². The van der Waals surface area contributed by atoms with E-state index in [0.717, 1.165) is 19.4 Å². The zero-order valence-electron chi connectivity index (χ0n) is 11.2. The van der Waals surface area contributed by atoms with Crippen LogP contribution in [0.4, 0.5) is 0 Å². The van der Waals surface area contributed by atoms with Crippen molar-refractivity contribution in [1.29, 1.82) is 0 Å². The fraction of sp³-hybridized carbons (Fsp3) is 0.909. The van der Waals surface area contributed by atoms with Crippen LogP contribution in [-0.2, 0) is 14.8 Å². The zero-order valence-corrected chi connectivity index (χ0v) is 12.8. The van der Waals surface area contributed by atoms with Gasteiger partial charge in [-0.2, -0.15) is 4.31 Å². The number of nitrogens with one attached hydrogen (secondary N) is 1. The third-order valence-electron chi connectivity index (χ3n) is 3.68. The smallest absolute Gasteiger partial charge is 0.236 e. The van der Waals surface area contributed by atoms with Crippen LogP contribution in [0.5, 0.6) is 0 Å². The Morgan fingerprint density at radius 1 is 1.37 bits per heavy atom. The minimum Gasteiger partial charge on any atom is -0.336 e. The Labute approximate surface area is 121 Å².